The van der Waals surface area contributed by atoms with E-state index in [-0.39, 0.29) is 11.1 Å². The second-order valence-corrected chi connectivity index (χ2v) is 5.88. The molecule has 0 amide bonds. The summed E-state index contributed by atoms with van der Waals surface area (Å²) in [6.07, 6.45) is 0. The number of nitro groups is 1. The lowest BCUT2D eigenvalue weighted by atomic mass is 9.87. The molecular weight excluding hydrogens is 262 g/mol. The Morgan fingerprint density at radius 1 is 0.952 bits per heavy atom. The van der Waals surface area contributed by atoms with Gasteiger partial charge in [-0.05, 0) is 29.2 Å². The summed E-state index contributed by atoms with van der Waals surface area (Å²) in [6.45, 7) is 6.49. The monoisotopic (exact) mass is 279 g/mol. The summed E-state index contributed by atoms with van der Waals surface area (Å²) in [5.41, 5.74) is 2.97. The summed E-state index contributed by atoms with van der Waals surface area (Å²) in [5, 5.41) is 10.7. The van der Waals surface area contributed by atoms with Crippen molar-refractivity contribution in [2.75, 3.05) is 0 Å². The van der Waals surface area contributed by atoms with Gasteiger partial charge in [0.2, 0.25) is 0 Å². The fourth-order valence-electron chi connectivity index (χ4n) is 1.90. The molecule has 2 aromatic carbocycles. The van der Waals surface area contributed by atoms with E-state index in [0.29, 0.717) is 5.56 Å². The van der Waals surface area contributed by atoms with Gasteiger partial charge in [0.15, 0.2) is 0 Å². The predicted octanol–water partition coefficient (Wildman–Crippen LogP) is 4.29. The van der Waals surface area contributed by atoms with E-state index >= 15 is 0 Å². The molecule has 0 aromatic heterocycles. The molecule has 0 aliphatic rings. The van der Waals surface area contributed by atoms with Crippen molar-refractivity contribution in [3.63, 3.8) is 0 Å². The molecule has 0 aliphatic heterocycles. The Hall–Kier alpha value is -2.60. The highest BCUT2D eigenvalue weighted by Gasteiger charge is 2.12. The van der Waals surface area contributed by atoms with Gasteiger partial charge < -0.3 is 0 Å². The van der Waals surface area contributed by atoms with Gasteiger partial charge >= 0.3 is 0 Å². The van der Waals surface area contributed by atoms with Crippen molar-refractivity contribution in [2.45, 2.75) is 26.2 Å². The van der Waals surface area contributed by atoms with E-state index in [0.717, 1.165) is 5.56 Å². The molecule has 21 heavy (non-hydrogen) atoms. The fraction of sp³-hybridized carbons (Fsp3) is 0.222. The molecule has 106 valence electrons. The smallest absolute Gasteiger partial charge is 0.258 e. The van der Waals surface area contributed by atoms with Crippen LogP contribution in [-0.2, 0) is 5.41 Å². The highest BCUT2D eigenvalue weighted by atomic mass is 16.6. The largest absolute Gasteiger partial charge is 0.270 e. The van der Waals surface area contributed by atoms with Gasteiger partial charge in [-0.1, -0.05) is 50.8 Å². The summed E-state index contributed by atoms with van der Waals surface area (Å²) >= 11 is 0. The average Bonchev–Trinajstić information content (AvgIpc) is 2.45. The van der Waals surface area contributed by atoms with Gasteiger partial charge in [-0.25, -0.2) is 0 Å². The Labute approximate surface area is 124 Å². The Balaban J connectivity index is 2.23. The number of nitro benzene ring substituents is 1. The Bertz CT molecular complexity index is 713. The summed E-state index contributed by atoms with van der Waals surface area (Å²) in [6, 6.07) is 14.4. The molecule has 0 fully saturated rings. The number of rotatable bonds is 1. The number of non-ortho nitro benzene ring substituents is 1. The Morgan fingerprint density at radius 3 is 2.14 bits per heavy atom. The molecule has 2 rings (SSSR count). The molecule has 0 spiro atoms. The van der Waals surface area contributed by atoms with Crippen LogP contribution in [-0.4, -0.2) is 4.92 Å². The minimum atomic E-state index is -0.413. The van der Waals surface area contributed by atoms with Crippen LogP contribution in [0.3, 0.4) is 0 Å². The Kier molecular flexibility index (Phi) is 4.09. The molecule has 0 atom stereocenters. The molecule has 0 saturated carbocycles. The highest BCUT2D eigenvalue weighted by Crippen LogP contribution is 2.22. The Morgan fingerprint density at radius 2 is 1.57 bits per heavy atom. The minimum absolute atomic E-state index is 0.0601. The maximum absolute atomic E-state index is 10.7. The van der Waals surface area contributed by atoms with Crippen LogP contribution >= 0.6 is 0 Å². The fourth-order valence-corrected chi connectivity index (χ4v) is 1.90. The molecule has 0 saturated heterocycles. The van der Waals surface area contributed by atoms with E-state index in [2.05, 4.69) is 44.7 Å². The van der Waals surface area contributed by atoms with E-state index in [4.69, 9.17) is 0 Å². The van der Waals surface area contributed by atoms with E-state index in [9.17, 15) is 10.1 Å². The van der Waals surface area contributed by atoms with Crippen LogP contribution in [0, 0.1) is 22.0 Å². The summed E-state index contributed by atoms with van der Waals surface area (Å²) in [5.74, 6) is 5.99. The van der Waals surface area contributed by atoms with E-state index < -0.39 is 4.92 Å². The van der Waals surface area contributed by atoms with Gasteiger partial charge in [0.1, 0.15) is 0 Å². The van der Waals surface area contributed by atoms with Crippen molar-refractivity contribution < 1.29 is 4.92 Å². The third-order valence-electron chi connectivity index (χ3n) is 3.16. The van der Waals surface area contributed by atoms with Crippen molar-refractivity contribution in [1.29, 1.82) is 0 Å². The molecule has 0 bridgehead atoms. The number of hydrogen-bond donors (Lipinski definition) is 0. The van der Waals surface area contributed by atoms with Crippen LogP contribution in [0.15, 0.2) is 48.5 Å². The predicted molar refractivity (Wildman–Crippen MR) is 84.2 cm³/mol. The van der Waals surface area contributed by atoms with Crippen molar-refractivity contribution in [1.82, 2.24) is 0 Å². The number of benzene rings is 2. The third kappa shape index (κ3) is 3.93. The lowest BCUT2D eigenvalue weighted by molar-refractivity contribution is -0.384. The van der Waals surface area contributed by atoms with Gasteiger partial charge in [0, 0.05) is 23.3 Å². The second-order valence-electron chi connectivity index (χ2n) is 5.88. The molecule has 0 N–H and O–H groups in total. The molecule has 2 aromatic rings. The minimum Gasteiger partial charge on any atom is -0.258 e. The molecule has 3 nitrogen and oxygen atoms in total. The van der Waals surface area contributed by atoms with Crippen LogP contribution in [0.25, 0.3) is 0 Å². The number of hydrogen-bond acceptors (Lipinski definition) is 2. The van der Waals surface area contributed by atoms with Crippen LogP contribution in [0.1, 0.15) is 37.5 Å². The lowest BCUT2D eigenvalue weighted by Gasteiger charge is -2.18. The van der Waals surface area contributed by atoms with Crippen molar-refractivity contribution >= 4 is 5.69 Å². The zero-order valence-electron chi connectivity index (χ0n) is 12.4. The lowest BCUT2D eigenvalue weighted by Crippen LogP contribution is -2.10. The van der Waals surface area contributed by atoms with E-state index in [1.165, 1.54) is 17.7 Å². The standard InChI is InChI=1S/C18H17NO2/c1-18(2,3)16-11-9-14(10-12-16)7-8-15-5-4-6-17(13-15)19(20)21/h4-6,9-13H,1-3H3. The molecule has 0 heterocycles. The first-order valence-electron chi connectivity index (χ1n) is 6.73. The first-order valence-corrected chi connectivity index (χ1v) is 6.73. The van der Waals surface area contributed by atoms with Gasteiger partial charge in [-0.3, -0.25) is 10.1 Å². The first kappa shape index (κ1) is 14.8. The van der Waals surface area contributed by atoms with Gasteiger partial charge in [-0.2, -0.15) is 0 Å². The van der Waals surface area contributed by atoms with Crippen molar-refractivity contribution in [3.8, 4) is 11.8 Å². The maximum atomic E-state index is 10.7. The van der Waals surface area contributed by atoms with E-state index in [1.807, 2.05) is 12.1 Å². The quantitative estimate of drug-likeness (QED) is 0.444. The molecule has 0 radical (unpaired) electrons. The van der Waals surface area contributed by atoms with Crippen molar-refractivity contribution in [3.05, 3.63) is 75.3 Å². The first-order chi connectivity index (χ1) is 9.86. The van der Waals surface area contributed by atoms with Crippen LogP contribution < -0.4 is 0 Å². The molecule has 3 heteroatoms. The summed E-state index contributed by atoms with van der Waals surface area (Å²) in [7, 11) is 0. The third-order valence-corrected chi connectivity index (χ3v) is 3.16. The van der Waals surface area contributed by atoms with Crippen LogP contribution in [0.4, 0.5) is 5.69 Å². The summed E-state index contributed by atoms with van der Waals surface area (Å²) in [4.78, 5) is 10.3. The zero-order chi connectivity index (χ0) is 15.5. The highest BCUT2D eigenvalue weighted by molar-refractivity contribution is 5.47. The van der Waals surface area contributed by atoms with Crippen molar-refractivity contribution in [2.24, 2.45) is 0 Å². The topological polar surface area (TPSA) is 43.1 Å². The second kappa shape index (κ2) is 5.80. The normalized spacial score (nSPS) is 10.6. The molecular formula is C18H17NO2. The average molecular weight is 279 g/mol. The van der Waals surface area contributed by atoms with E-state index in [1.54, 1.807) is 12.1 Å². The molecule has 0 aliphatic carbocycles. The van der Waals surface area contributed by atoms with Gasteiger partial charge in [0.05, 0.1) is 4.92 Å². The maximum Gasteiger partial charge on any atom is 0.270 e. The van der Waals surface area contributed by atoms with Crippen LogP contribution in [0.5, 0.6) is 0 Å². The van der Waals surface area contributed by atoms with Gasteiger partial charge in [0.25, 0.3) is 5.69 Å². The van der Waals surface area contributed by atoms with Crippen LogP contribution in [0.2, 0.25) is 0 Å². The SMILES string of the molecule is CC(C)(C)c1ccc(C#Cc2cccc([N+](=O)[O-])c2)cc1. The number of nitrogens with zero attached hydrogens (tertiary/aromatic N) is 1. The molecule has 0 unspecified atom stereocenters. The van der Waals surface area contributed by atoms with Gasteiger partial charge in [-0.15, -0.1) is 0 Å². The summed E-state index contributed by atoms with van der Waals surface area (Å²) < 4.78 is 0. The zero-order valence-corrected chi connectivity index (χ0v) is 12.4.